The van der Waals surface area contributed by atoms with Crippen molar-refractivity contribution in [2.75, 3.05) is 5.32 Å². The van der Waals surface area contributed by atoms with Gasteiger partial charge in [-0.1, -0.05) is 30.3 Å². The minimum atomic E-state index is 0.359. The predicted molar refractivity (Wildman–Crippen MR) is 78.1 cm³/mol. The fourth-order valence-electron chi connectivity index (χ4n) is 2.02. The minimum Gasteiger partial charge on any atom is -0.368 e. The van der Waals surface area contributed by atoms with Crippen molar-refractivity contribution in [2.45, 2.75) is 19.9 Å². The molecule has 3 rings (SSSR count). The number of hydrogen-bond acceptors (Lipinski definition) is 3. The summed E-state index contributed by atoms with van der Waals surface area (Å²) in [6.07, 6.45) is 1.82. The van der Waals surface area contributed by atoms with Crippen molar-refractivity contribution in [3.8, 4) is 11.4 Å². The Morgan fingerprint density at radius 3 is 2.68 bits per heavy atom. The number of benzene rings is 1. The minimum absolute atomic E-state index is 0.359. The average molecular weight is 252 g/mol. The van der Waals surface area contributed by atoms with Gasteiger partial charge in [0.2, 0.25) is 0 Å². The van der Waals surface area contributed by atoms with Crippen LogP contribution in [0.15, 0.2) is 42.6 Å². The molecule has 0 saturated carbocycles. The van der Waals surface area contributed by atoms with Crippen LogP contribution in [0.4, 0.5) is 5.82 Å². The van der Waals surface area contributed by atoms with Gasteiger partial charge in [0.15, 0.2) is 0 Å². The van der Waals surface area contributed by atoms with Crippen molar-refractivity contribution < 1.29 is 0 Å². The van der Waals surface area contributed by atoms with E-state index in [1.54, 1.807) is 0 Å². The van der Waals surface area contributed by atoms with Crippen molar-refractivity contribution in [1.82, 2.24) is 15.0 Å². The standard InChI is InChI=1S/C15H16N4/c1-10(2)17-14-8-12-13(9-16-14)19-15(18-12)11-6-4-3-5-7-11/h3-10H,1-2H3,(H,16,17)(H,18,19). The van der Waals surface area contributed by atoms with Gasteiger partial charge in [-0.2, -0.15) is 0 Å². The van der Waals surface area contributed by atoms with Crippen LogP contribution < -0.4 is 5.32 Å². The molecule has 0 spiro atoms. The normalized spacial score (nSPS) is 11.1. The smallest absolute Gasteiger partial charge is 0.138 e. The van der Waals surface area contributed by atoms with Gasteiger partial charge in [0.25, 0.3) is 0 Å². The molecule has 0 saturated heterocycles. The van der Waals surface area contributed by atoms with Crippen LogP contribution in [0, 0.1) is 0 Å². The van der Waals surface area contributed by atoms with Crippen molar-refractivity contribution in [1.29, 1.82) is 0 Å². The molecule has 0 radical (unpaired) electrons. The van der Waals surface area contributed by atoms with E-state index in [4.69, 9.17) is 0 Å². The molecule has 0 unspecified atom stereocenters. The van der Waals surface area contributed by atoms with E-state index in [9.17, 15) is 0 Å². The third-order valence-electron chi connectivity index (χ3n) is 2.85. The maximum Gasteiger partial charge on any atom is 0.138 e. The molecular formula is C15H16N4. The Balaban J connectivity index is 2.01. The van der Waals surface area contributed by atoms with Gasteiger partial charge in [-0.15, -0.1) is 0 Å². The number of imidazole rings is 1. The lowest BCUT2D eigenvalue weighted by Crippen LogP contribution is -2.10. The van der Waals surface area contributed by atoms with Gasteiger partial charge in [-0.3, -0.25) is 0 Å². The summed E-state index contributed by atoms with van der Waals surface area (Å²) in [4.78, 5) is 12.3. The van der Waals surface area contributed by atoms with Crippen LogP contribution in [0.25, 0.3) is 22.4 Å². The summed E-state index contributed by atoms with van der Waals surface area (Å²) in [7, 11) is 0. The van der Waals surface area contributed by atoms with Gasteiger partial charge >= 0.3 is 0 Å². The summed E-state index contributed by atoms with van der Waals surface area (Å²) in [6, 6.07) is 12.4. The third-order valence-corrected chi connectivity index (χ3v) is 2.85. The number of nitrogens with one attached hydrogen (secondary N) is 2. The van der Waals surface area contributed by atoms with E-state index in [2.05, 4.69) is 34.1 Å². The Morgan fingerprint density at radius 1 is 1.16 bits per heavy atom. The van der Waals surface area contributed by atoms with E-state index in [-0.39, 0.29) is 0 Å². The Bertz CT molecular complexity index is 686. The van der Waals surface area contributed by atoms with E-state index in [1.165, 1.54) is 0 Å². The molecule has 4 nitrogen and oxygen atoms in total. The Hall–Kier alpha value is -2.36. The fraction of sp³-hybridized carbons (Fsp3) is 0.200. The second-order valence-corrected chi connectivity index (χ2v) is 4.84. The third kappa shape index (κ3) is 2.42. The summed E-state index contributed by atoms with van der Waals surface area (Å²) >= 11 is 0. The van der Waals surface area contributed by atoms with Crippen molar-refractivity contribution in [3.05, 3.63) is 42.6 Å². The predicted octanol–water partition coefficient (Wildman–Crippen LogP) is 3.45. The van der Waals surface area contributed by atoms with Gasteiger partial charge in [-0.25, -0.2) is 9.97 Å². The summed E-state index contributed by atoms with van der Waals surface area (Å²) < 4.78 is 0. The lowest BCUT2D eigenvalue weighted by molar-refractivity contribution is 0.890. The summed E-state index contributed by atoms with van der Waals surface area (Å²) in [5.74, 6) is 1.73. The number of hydrogen-bond donors (Lipinski definition) is 2. The highest BCUT2D eigenvalue weighted by Crippen LogP contribution is 2.21. The summed E-state index contributed by atoms with van der Waals surface area (Å²) in [6.45, 7) is 4.18. The highest BCUT2D eigenvalue weighted by Gasteiger charge is 2.06. The number of nitrogens with zero attached hydrogens (tertiary/aromatic N) is 2. The molecule has 4 heteroatoms. The molecule has 0 fully saturated rings. The van der Waals surface area contributed by atoms with Gasteiger partial charge in [0.1, 0.15) is 11.6 Å². The van der Waals surface area contributed by atoms with Crippen LogP contribution in [-0.2, 0) is 0 Å². The number of H-pyrrole nitrogens is 1. The van der Waals surface area contributed by atoms with Crippen molar-refractivity contribution >= 4 is 16.9 Å². The summed E-state index contributed by atoms with van der Waals surface area (Å²) in [5, 5.41) is 3.28. The van der Waals surface area contributed by atoms with Crippen LogP contribution in [0.3, 0.4) is 0 Å². The number of rotatable bonds is 3. The lowest BCUT2D eigenvalue weighted by atomic mass is 10.2. The Kier molecular flexibility index (Phi) is 2.91. The topological polar surface area (TPSA) is 53.6 Å². The molecular weight excluding hydrogens is 236 g/mol. The molecule has 2 aromatic heterocycles. The Morgan fingerprint density at radius 2 is 1.95 bits per heavy atom. The molecule has 0 bridgehead atoms. The zero-order chi connectivity index (χ0) is 13.2. The molecule has 0 aliphatic heterocycles. The molecule has 0 amide bonds. The van der Waals surface area contributed by atoms with Gasteiger partial charge < -0.3 is 10.3 Å². The molecule has 19 heavy (non-hydrogen) atoms. The maximum atomic E-state index is 4.62. The van der Waals surface area contributed by atoms with Crippen LogP contribution in [0.2, 0.25) is 0 Å². The first-order chi connectivity index (χ1) is 9.22. The maximum absolute atomic E-state index is 4.62. The van der Waals surface area contributed by atoms with E-state index in [1.807, 2.05) is 42.6 Å². The molecule has 2 N–H and O–H groups in total. The molecule has 0 aliphatic rings. The van der Waals surface area contributed by atoms with Crippen LogP contribution >= 0.6 is 0 Å². The number of fused-ring (bicyclic) bond motifs is 1. The molecule has 96 valence electrons. The molecule has 2 heterocycles. The fourth-order valence-corrected chi connectivity index (χ4v) is 2.02. The number of anilines is 1. The first-order valence-corrected chi connectivity index (χ1v) is 6.40. The van der Waals surface area contributed by atoms with Crippen LogP contribution in [-0.4, -0.2) is 21.0 Å². The van der Waals surface area contributed by atoms with Gasteiger partial charge in [0, 0.05) is 17.7 Å². The lowest BCUT2D eigenvalue weighted by Gasteiger charge is -2.07. The van der Waals surface area contributed by atoms with Crippen molar-refractivity contribution in [2.24, 2.45) is 0 Å². The van der Waals surface area contributed by atoms with E-state index in [0.717, 1.165) is 28.2 Å². The average Bonchev–Trinajstić information content (AvgIpc) is 2.82. The van der Waals surface area contributed by atoms with Crippen LogP contribution in [0.5, 0.6) is 0 Å². The Labute approximate surface area is 111 Å². The number of aromatic amines is 1. The molecule has 0 aliphatic carbocycles. The van der Waals surface area contributed by atoms with E-state index >= 15 is 0 Å². The summed E-state index contributed by atoms with van der Waals surface area (Å²) in [5.41, 5.74) is 2.96. The highest BCUT2D eigenvalue weighted by atomic mass is 15.0. The first kappa shape index (κ1) is 11.7. The van der Waals surface area contributed by atoms with Crippen molar-refractivity contribution in [3.63, 3.8) is 0 Å². The quantitative estimate of drug-likeness (QED) is 0.750. The number of pyridine rings is 1. The molecule has 3 aromatic rings. The largest absolute Gasteiger partial charge is 0.368 e. The monoisotopic (exact) mass is 252 g/mol. The van der Waals surface area contributed by atoms with E-state index < -0.39 is 0 Å². The zero-order valence-electron chi connectivity index (χ0n) is 11.0. The van der Waals surface area contributed by atoms with E-state index in [0.29, 0.717) is 6.04 Å². The number of aromatic nitrogens is 3. The van der Waals surface area contributed by atoms with Gasteiger partial charge in [-0.05, 0) is 13.8 Å². The SMILES string of the molecule is CC(C)Nc1cc2nc(-c3ccccc3)[nH]c2cn1. The highest BCUT2D eigenvalue weighted by molar-refractivity contribution is 5.80. The molecule has 0 atom stereocenters. The molecule has 1 aromatic carbocycles. The second-order valence-electron chi connectivity index (χ2n) is 4.84. The second kappa shape index (κ2) is 4.72. The van der Waals surface area contributed by atoms with Gasteiger partial charge in [0.05, 0.1) is 17.2 Å². The van der Waals surface area contributed by atoms with Crippen LogP contribution in [0.1, 0.15) is 13.8 Å². The zero-order valence-corrected chi connectivity index (χ0v) is 11.0. The first-order valence-electron chi connectivity index (χ1n) is 6.40.